The molecule has 1 saturated heterocycles. The minimum Gasteiger partial charge on any atom is -0.492 e. The highest BCUT2D eigenvalue weighted by Gasteiger charge is 2.25. The molecular formula is C23H28N6O2. The maximum Gasteiger partial charge on any atom is 0.223 e. The van der Waals surface area contributed by atoms with Gasteiger partial charge in [-0.05, 0) is 38.8 Å². The van der Waals surface area contributed by atoms with Gasteiger partial charge in [0.2, 0.25) is 5.91 Å². The average Bonchev–Trinajstić information content (AvgIpc) is 3.24. The Kier molecular flexibility index (Phi) is 6.45. The highest BCUT2D eigenvalue weighted by molar-refractivity contribution is 5.79. The predicted molar refractivity (Wildman–Crippen MR) is 119 cm³/mol. The second-order valence-electron chi connectivity index (χ2n) is 7.79. The Balaban J connectivity index is 1.23. The van der Waals surface area contributed by atoms with Gasteiger partial charge in [0.25, 0.3) is 0 Å². The van der Waals surface area contributed by atoms with Gasteiger partial charge < -0.3 is 15.0 Å². The number of anilines is 1. The maximum absolute atomic E-state index is 12.5. The number of nitrogens with zero attached hydrogens (tertiary/aromatic N) is 5. The first kappa shape index (κ1) is 20.8. The zero-order valence-electron chi connectivity index (χ0n) is 18.0. The smallest absolute Gasteiger partial charge is 0.223 e. The lowest BCUT2D eigenvalue weighted by Crippen LogP contribution is -2.41. The first-order chi connectivity index (χ1) is 15.1. The molecule has 8 nitrogen and oxygen atoms in total. The third-order valence-electron chi connectivity index (χ3n) is 5.59. The summed E-state index contributed by atoms with van der Waals surface area (Å²) in [5.41, 5.74) is 1.20. The fourth-order valence-electron chi connectivity index (χ4n) is 3.75. The van der Waals surface area contributed by atoms with Crippen LogP contribution in [0.25, 0.3) is 5.82 Å². The van der Waals surface area contributed by atoms with Crippen molar-refractivity contribution in [2.75, 3.05) is 31.1 Å². The van der Waals surface area contributed by atoms with Crippen molar-refractivity contribution in [3.63, 3.8) is 0 Å². The molecule has 31 heavy (non-hydrogen) atoms. The van der Waals surface area contributed by atoms with Gasteiger partial charge in [0.1, 0.15) is 36.1 Å². The topological polar surface area (TPSA) is 85.2 Å². The molecule has 1 aliphatic rings. The lowest BCUT2D eigenvalue weighted by atomic mass is 9.96. The number of imidazole rings is 1. The second kappa shape index (κ2) is 9.59. The molecule has 1 amide bonds. The Morgan fingerprint density at radius 2 is 1.84 bits per heavy atom. The van der Waals surface area contributed by atoms with Crippen LogP contribution in [0.3, 0.4) is 0 Å². The highest BCUT2D eigenvalue weighted by atomic mass is 16.5. The van der Waals surface area contributed by atoms with Crippen molar-refractivity contribution in [2.45, 2.75) is 26.7 Å². The Morgan fingerprint density at radius 1 is 1.10 bits per heavy atom. The highest BCUT2D eigenvalue weighted by Crippen LogP contribution is 2.23. The third kappa shape index (κ3) is 5.20. The zero-order chi connectivity index (χ0) is 21.6. The number of rotatable bonds is 7. The Morgan fingerprint density at radius 3 is 2.55 bits per heavy atom. The Labute approximate surface area is 182 Å². The molecule has 3 heterocycles. The summed E-state index contributed by atoms with van der Waals surface area (Å²) in [6.45, 7) is 6.53. The van der Waals surface area contributed by atoms with E-state index in [-0.39, 0.29) is 11.8 Å². The summed E-state index contributed by atoms with van der Waals surface area (Å²) >= 11 is 0. The van der Waals surface area contributed by atoms with Crippen LogP contribution in [0, 0.1) is 19.8 Å². The van der Waals surface area contributed by atoms with Crippen LogP contribution < -0.4 is 15.0 Å². The summed E-state index contributed by atoms with van der Waals surface area (Å²) in [4.78, 5) is 27.8. The molecule has 4 rings (SSSR count). The molecule has 0 unspecified atom stereocenters. The molecule has 0 spiro atoms. The van der Waals surface area contributed by atoms with Gasteiger partial charge in [-0.3, -0.25) is 9.36 Å². The first-order valence-corrected chi connectivity index (χ1v) is 10.6. The molecule has 162 valence electrons. The summed E-state index contributed by atoms with van der Waals surface area (Å²) in [5.74, 6) is 3.50. The molecule has 1 N–H and O–H groups in total. The van der Waals surface area contributed by atoms with E-state index in [0.717, 1.165) is 49.1 Å². The molecule has 0 atom stereocenters. The molecule has 2 aromatic heterocycles. The molecular weight excluding hydrogens is 392 g/mol. The quantitative estimate of drug-likeness (QED) is 0.592. The number of carbonyl (C=O) groups is 1. The third-order valence-corrected chi connectivity index (χ3v) is 5.59. The fourth-order valence-corrected chi connectivity index (χ4v) is 3.75. The number of hydrogen-bond acceptors (Lipinski definition) is 6. The van der Waals surface area contributed by atoms with Crippen LogP contribution in [0.5, 0.6) is 5.75 Å². The van der Waals surface area contributed by atoms with Gasteiger partial charge in [-0.2, -0.15) is 0 Å². The normalized spacial score (nSPS) is 14.5. The molecule has 8 heteroatoms. The number of piperidine rings is 1. The number of aromatic nitrogens is 4. The number of benzene rings is 1. The largest absolute Gasteiger partial charge is 0.492 e. The zero-order valence-corrected chi connectivity index (χ0v) is 18.0. The fraction of sp³-hybridized carbons (Fsp3) is 0.391. The SMILES string of the molecule is Cc1ccc(OCCNC(=O)C2CCN(c3cc(-n4ccnc4C)ncn3)CC2)cc1. The standard InChI is InChI=1S/C23H28N6O2/c1-17-3-5-20(6-4-17)31-14-10-25-23(30)19-7-11-28(12-8-19)21-15-22(27-16-26-21)29-13-9-24-18(29)2/h3-6,9,13,15-16,19H,7-8,10-12,14H2,1-2H3,(H,25,30). The van der Waals surface area contributed by atoms with Crippen molar-refractivity contribution in [3.05, 3.63) is 60.4 Å². The van der Waals surface area contributed by atoms with Crippen molar-refractivity contribution >= 4 is 11.7 Å². The first-order valence-electron chi connectivity index (χ1n) is 10.6. The molecule has 0 bridgehead atoms. The number of amides is 1. The van der Waals surface area contributed by atoms with Gasteiger partial charge in [0, 0.05) is 37.5 Å². The average molecular weight is 421 g/mol. The van der Waals surface area contributed by atoms with Crippen molar-refractivity contribution in [2.24, 2.45) is 5.92 Å². The van der Waals surface area contributed by atoms with E-state index >= 15 is 0 Å². The van der Waals surface area contributed by atoms with Crippen LogP contribution in [0.4, 0.5) is 5.82 Å². The number of carbonyl (C=O) groups excluding carboxylic acids is 1. The molecule has 0 radical (unpaired) electrons. The van der Waals surface area contributed by atoms with Crippen LogP contribution in [0.1, 0.15) is 24.2 Å². The van der Waals surface area contributed by atoms with E-state index in [1.54, 1.807) is 12.5 Å². The lowest BCUT2D eigenvalue weighted by Gasteiger charge is -2.32. The van der Waals surface area contributed by atoms with Gasteiger partial charge in [0.15, 0.2) is 0 Å². The maximum atomic E-state index is 12.5. The summed E-state index contributed by atoms with van der Waals surface area (Å²) in [5, 5.41) is 3.00. The van der Waals surface area contributed by atoms with Gasteiger partial charge in [-0.25, -0.2) is 15.0 Å². The summed E-state index contributed by atoms with van der Waals surface area (Å²) < 4.78 is 7.61. The van der Waals surface area contributed by atoms with Gasteiger partial charge >= 0.3 is 0 Å². The minimum atomic E-state index is 0.0211. The van der Waals surface area contributed by atoms with Crippen molar-refractivity contribution in [1.29, 1.82) is 0 Å². The van der Waals surface area contributed by atoms with Crippen LogP contribution in [0.2, 0.25) is 0 Å². The van der Waals surface area contributed by atoms with Crippen molar-refractivity contribution in [1.82, 2.24) is 24.8 Å². The molecule has 1 aliphatic heterocycles. The lowest BCUT2D eigenvalue weighted by molar-refractivity contribution is -0.125. The number of hydrogen-bond donors (Lipinski definition) is 1. The number of ether oxygens (including phenoxy) is 1. The number of aryl methyl sites for hydroxylation is 2. The van der Waals surface area contributed by atoms with E-state index in [2.05, 4.69) is 25.2 Å². The second-order valence-corrected chi connectivity index (χ2v) is 7.79. The van der Waals surface area contributed by atoms with E-state index in [4.69, 9.17) is 4.74 Å². The van der Waals surface area contributed by atoms with E-state index < -0.39 is 0 Å². The summed E-state index contributed by atoms with van der Waals surface area (Å²) in [6, 6.07) is 9.88. The Bertz CT molecular complexity index is 1010. The molecule has 0 saturated carbocycles. The van der Waals surface area contributed by atoms with E-state index in [9.17, 15) is 4.79 Å². The van der Waals surface area contributed by atoms with E-state index in [1.807, 2.05) is 54.9 Å². The van der Waals surface area contributed by atoms with Crippen LogP contribution in [0.15, 0.2) is 49.1 Å². The van der Waals surface area contributed by atoms with Crippen LogP contribution in [-0.4, -0.2) is 51.7 Å². The van der Waals surface area contributed by atoms with Gasteiger partial charge in [-0.15, -0.1) is 0 Å². The van der Waals surface area contributed by atoms with E-state index in [0.29, 0.717) is 13.2 Å². The van der Waals surface area contributed by atoms with Crippen LogP contribution in [-0.2, 0) is 4.79 Å². The van der Waals surface area contributed by atoms with Crippen LogP contribution >= 0.6 is 0 Å². The van der Waals surface area contributed by atoms with Gasteiger partial charge in [0.05, 0.1) is 6.54 Å². The molecule has 1 fully saturated rings. The molecule has 1 aromatic carbocycles. The van der Waals surface area contributed by atoms with Gasteiger partial charge in [-0.1, -0.05) is 17.7 Å². The number of nitrogens with one attached hydrogen (secondary N) is 1. The minimum absolute atomic E-state index is 0.0211. The molecule has 0 aliphatic carbocycles. The Hall–Kier alpha value is -3.42. The molecule has 3 aromatic rings. The predicted octanol–water partition coefficient (Wildman–Crippen LogP) is 2.69. The van der Waals surface area contributed by atoms with Crippen molar-refractivity contribution < 1.29 is 9.53 Å². The summed E-state index contributed by atoms with van der Waals surface area (Å²) in [6.07, 6.45) is 6.83. The monoisotopic (exact) mass is 420 g/mol. The van der Waals surface area contributed by atoms with E-state index in [1.165, 1.54) is 5.56 Å². The van der Waals surface area contributed by atoms with Crippen molar-refractivity contribution in [3.8, 4) is 11.6 Å². The summed E-state index contributed by atoms with van der Waals surface area (Å²) in [7, 11) is 0.